The number of hydrogen-bond acceptors (Lipinski definition) is 4. The first-order valence-electron chi connectivity index (χ1n) is 9.62. The lowest BCUT2D eigenvalue weighted by Gasteiger charge is -2.19. The molecule has 2 N–H and O–H groups in total. The maximum atomic E-state index is 14.3. The first kappa shape index (κ1) is 20.0. The van der Waals surface area contributed by atoms with Gasteiger partial charge in [0.15, 0.2) is 0 Å². The molecule has 152 valence electrons. The number of aromatic nitrogens is 2. The fourth-order valence-corrected chi connectivity index (χ4v) is 4.60. The fraction of sp³-hybridized carbons (Fsp3) is 0.174. The molecule has 5 nitrogen and oxygen atoms in total. The van der Waals surface area contributed by atoms with E-state index in [4.69, 9.17) is 5.73 Å². The third kappa shape index (κ3) is 3.64. The molecule has 0 spiro atoms. The Morgan fingerprint density at radius 3 is 2.53 bits per heavy atom. The Morgan fingerprint density at radius 1 is 1.17 bits per heavy atom. The van der Waals surface area contributed by atoms with E-state index in [1.807, 2.05) is 30.3 Å². The predicted molar refractivity (Wildman–Crippen MR) is 117 cm³/mol. The van der Waals surface area contributed by atoms with Gasteiger partial charge in [-0.15, -0.1) is 11.3 Å². The molecular formula is C23H20FN3O2S. The minimum atomic E-state index is -0.851. The van der Waals surface area contributed by atoms with E-state index in [1.54, 1.807) is 31.2 Å². The van der Waals surface area contributed by atoms with Crippen LogP contribution in [-0.4, -0.2) is 15.5 Å². The number of carbonyl (C=O) groups excluding carboxylic acids is 1. The van der Waals surface area contributed by atoms with Crippen molar-refractivity contribution < 1.29 is 9.18 Å². The summed E-state index contributed by atoms with van der Waals surface area (Å²) in [5, 5.41) is 0.427. The topological polar surface area (TPSA) is 78.0 Å². The normalized spacial score (nSPS) is 12.2. The van der Waals surface area contributed by atoms with Gasteiger partial charge in [0.25, 0.3) is 5.56 Å². The molecule has 7 heteroatoms. The van der Waals surface area contributed by atoms with Crippen molar-refractivity contribution in [3.8, 4) is 10.4 Å². The second kappa shape index (κ2) is 8.20. The molecule has 0 radical (unpaired) electrons. The van der Waals surface area contributed by atoms with Crippen molar-refractivity contribution in [2.45, 2.75) is 25.8 Å². The standard InChI is InChI=1S/C23H20FN3O2S/c1-2-18(21(25)28)27-20(12-15-10-6-7-11-17(15)24)26-22-16(23(27)29)13-19(30-22)14-8-4-3-5-9-14/h3-11,13,18H,2,12H2,1H3,(H2,25,28). The third-order valence-electron chi connectivity index (χ3n) is 5.06. The number of nitrogens with two attached hydrogens (primary N) is 1. The molecule has 0 saturated heterocycles. The van der Waals surface area contributed by atoms with E-state index in [1.165, 1.54) is 22.0 Å². The van der Waals surface area contributed by atoms with Gasteiger partial charge >= 0.3 is 0 Å². The summed E-state index contributed by atoms with van der Waals surface area (Å²) < 4.78 is 15.6. The molecule has 1 atom stereocenters. The van der Waals surface area contributed by atoms with E-state index in [0.29, 0.717) is 28.0 Å². The zero-order valence-corrected chi connectivity index (χ0v) is 17.2. The highest BCUT2D eigenvalue weighted by molar-refractivity contribution is 7.21. The monoisotopic (exact) mass is 421 g/mol. The zero-order chi connectivity index (χ0) is 21.3. The van der Waals surface area contributed by atoms with Gasteiger partial charge in [-0.05, 0) is 29.7 Å². The van der Waals surface area contributed by atoms with Crippen molar-refractivity contribution in [1.29, 1.82) is 0 Å². The Kier molecular flexibility index (Phi) is 5.46. The van der Waals surface area contributed by atoms with E-state index < -0.39 is 11.9 Å². The lowest BCUT2D eigenvalue weighted by Crippen LogP contribution is -2.36. The Hall–Kier alpha value is -3.32. The highest BCUT2D eigenvalue weighted by Crippen LogP contribution is 2.32. The number of nitrogens with zero attached hydrogens (tertiary/aromatic N) is 2. The van der Waals surface area contributed by atoms with Crippen LogP contribution < -0.4 is 11.3 Å². The Balaban J connectivity index is 1.94. The van der Waals surface area contributed by atoms with Crippen LogP contribution in [0.25, 0.3) is 20.7 Å². The smallest absolute Gasteiger partial charge is 0.263 e. The molecule has 2 aromatic heterocycles. The van der Waals surface area contributed by atoms with E-state index in [-0.39, 0.29) is 17.8 Å². The second-order valence-electron chi connectivity index (χ2n) is 6.99. The van der Waals surface area contributed by atoms with Crippen molar-refractivity contribution in [2.75, 3.05) is 0 Å². The Morgan fingerprint density at radius 2 is 1.87 bits per heavy atom. The summed E-state index contributed by atoms with van der Waals surface area (Å²) in [5.41, 5.74) is 6.62. The van der Waals surface area contributed by atoms with Gasteiger partial charge in [-0.2, -0.15) is 0 Å². The average molecular weight is 421 g/mol. The highest BCUT2D eigenvalue weighted by atomic mass is 32.1. The van der Waals surface area contributed by atoms with E-state index in [9.17, 15) is 14.0 Å². The summed E-state index contributed by atoms with van der Waals surface area (Å²) >= 11 is 1.40. The van der Waals surface area contributed by atoms with Crippen LogP contribution in [0.1, 0.15) is 30.8 Å². The number of halogens is 1. The summed E-state index contributed by atoms with van der Waals surface area (Å²) in [5.74, 6) is -0.680. The van der Waals surface area contributed by atoms with Crippen LogP contribution in [0.15, 0.2) is 65.5 Å². The minimum Gasteiger partial charge on any atom is -0.368 e. The van der Waals surface area contributed by atoms with Gasteiger partial charge in [0, 0.05) is 11.3 Å². The molecule has 2 heterocycles. The molecule has 4 rings (SSSR count). The van der Waals surface area contributed by atoms with Crippen LogP contribution in [0.4, 0.5) is 4.39 Å². The van der Waals surface area contributed by atoms with Gasteiger partial charge in [-0.25, -0.2) is 9.37 Å². The van der Waals surface area contributed by atoms with E-state index in [0.717, 1.165) is 10.4 Å². The first-order valence-corrected chi connectivity index (χ1v) is 10.4. The van der Waals surface area contributed by atoms with Crippen LogP contribution in [0.2, 0.25) is 0 Å². The number of hydrogen-bond donors (Lipinski definition) is 1. The molecule has 0 fully saturated rings. The van der Waals surface area contributed by atoms with Crippen LogP contribution in [0.3, 0.4) is 0 Å². The number of benzene rings is 2. The SMILES string of the molecule is CCC(C(N)=O)n1c(Cc2ccccc2F)nc2sc(-c3ccccc3)cc2c1=O. The van der Waals surface area contributed by atoms with Crippen LogP contribution in [-0.2, 0) is 11.2 Å². The molecule has 0 aliphatic heterocycles. The largest absolute Gasteiger partial charge is 0.368 e. The lowest BCUT2D eigenvalue weighted by molar-refractivity contribution is -0.121. The van der Waals surface area contributed by atoms with Crippen LogP contribution >= 0.6 is 11.3 Å². The van der Waals surface area contributed by atoms with Crippen molar-refractivity contribution in [2.24, 2.45) is 5.73 Å². The molecule has 30 heavy (non-hydrogen) atoms. The number of fused-ring (bicyclic) bond motifs is 1. The van der Waals surface area contributed by atoms with Gasteiger partial charge in [0.05, 0.1) is 5.39 Å². The number of primary amides is 1. The fourth-order valence-electron chi connectivity index (χ4n) is 3.55. The number of amides is 1. The van der Waals surface area contributed by atoms with Crippen LogP contribution in [0, 0.1) is 5.82 Å². The summed E-state index contributed by atoms with van der Waals surface area (Å²) in [6.07, 6.45) is 0.419. The minimum absolute atomic E-state index is 0.0835. The van der Waals surface area contributed by atoms with Crippen molar-refractivity contribution in [1.82, 2.24) is 9.55 Å². The number of carbonyl (C=O) groups is 1. The molecule has 2 aromatic carbocycles. The molecule has 0 aliphatic rings. The molecule has 0 aliphatic carbocycles. The molecule has 0 bridgehead atoms. The lowest BCUT2D eigenvalue weighted by atomic mass is 10.1. The average Bonchev–Trinajstić information content (AvgIpc) is 3.17. The van der Waals surface area contributed by atoms with Crippen LogP contribution in [0.5, 0.6) is 0 Å². The van der Waals surface area contributed by atoms with Crippen molar-refractivity contribution >= 4 is 27.5 Å². The van der Waals surface area contributed by atoms with Gasteiger partial charge in [0.1, 0.15) is 22.5 Å². The van der Waals surface area contributed by atoms with E-state index >= 15 is 0 Å². The maximum Gasteiger partial charge on any atom is 0.263 e. The van der Waals surface area contributed by atoms with E-state index in [2.05, 4.69) is 4.98 Å². The number of rotatable bonds is 6. The molecule has 0 saturated carbocycles. The maximum absolute atomic E-state index is 14.3. The Bertz CT molecular complexity index is 1280. The molecule has 1 unspecified atom stereocenters. The van der Waals surface area contributed by atoms with Gasteiger partial charge in [-0.1, -0.05) is 55.5 Å². The number of thiophene rings is 1. The molecular weight excluding hydrogens is 401 g/mol. The Labute approximate surface area is 176 Å². The summed E-state index contributed by atoms with van der Waals surface area (Å²) in [4.78, 5) is 31.6. The van der Waals surface area contributed by atoms with Gasteiger partial charge in [-0.3, -0.25) is 14.2 Å². The van der Waals surface area contributed by atoms with Crippen molar-refractivity contribution in [3.05, 3.63) is 88.2 Å². The molecule has 4 aromatic rings. The summed E-state index contributed by atoms with van der Waals surface area (Å²) in [7, 11) is 0. The predicted octanol–water partition coefficient (Wildman–Crippen LogP) is 4.29. The first-order chi connectivity index (χ1) is 14.5. The highest BCUT2D eigenvalue weighted by Gasteiger charge is 2.24. The van der Waals surface area contributed by atoms with Gasteiger partial charge < -0.3 is 5.73 Å². The zero-order valence-electron chi connectivity index (χ0n) is 16.3. The second-order valence-corrected chi connectivity index (χ2v) is 8.02. The van der Waals surface area contributed by atoms with Gasteiger partial charge in [0.2, 0.25) is 5.91 Å². The summed E-state index contributed by atoms with van der Waals surface area (Å²) in [6.45, 7) is 1.78. The summed E-state index contributed by atoms with van der Waals surface area (Å²) in [6, 6.07) is 17.0. The third-order valence-corrected chi connectivity index (χ3v) is 6.14. The quantitative estimate of drug-likeness (QED) is 0.504. The van der Waals surface area contributed by atoms with Crippen molar-refractivity contribution in [3.63, 3.8) is 0 Å². The molecule has 1 amide bonds.